The predicted octanol–water partition coefficient (Wildman–Crippen LogP) is 4.92. The van der Waals surface area contributed by atoms with Gasteiger partial charge in [0, 0.05) is 36.3 Å². The minimum absolute atomic E-state index is 0.0245. The van der Waals surface area contributed by atoms with E-state index >= 15 is 0 Å². The summed E-state index contributed by atoms with van der Waals surface area (Å²) in [4.78, 5) is 41.4. The first-order valence-corrected chi connectivity index (χ1v) is 14.2. The molecule has 2 amide bonds. The standard InChI is InChI=1S/C28H32N6O2S2/c1-16(23-10-11-24(37-23)21-9-7-6-8-19(21)13-33(4)5)29-26-22-12-25(38-27(22)31-17(2)30-26)28(36)34-14-20(15-34)32-18(3)35/h6-12,16,20H,13-15H2,1-5H3,(H,32,35)(H,29,30,31). The van der Waals surface area contributed by atoms with Gasteiger partial charge in [0.2, 0.25) is 5.91 Å². The molecule has 0 saturated carbocycles. The molecule has 3 aromatic heterocycles. The average Bonchev–Trinajstić information content (AvgIpc) is 3.48. The molecular formula is C28H32N6O2S2. The molecule has 38 heavy (non-hydrogen) atoms. The molecule has 1 aliphatic heterocycles. The van der Waals surface area contributed by atoms with Crippen LogP contribution in [0.25, 0.3) is 20.7 Å². The van der Waals surface area contributed by atoms with E-state index in [2.05, 4.69) is 82.9 Å². The summed E-state index contributed by atoms with van der Waals surface area (Å²) in [7, 11) is 4.17. The molecule has 10 heteroatoms. The minimum atomic E-state index is -0.0739. The van der Waals surface area contributed by atoms with E-state index in [0.29, 0.717) is 23.8 Å². The molecule has 0 bridgehead atoms. The molecule has 0 aliphatic carbocycles. The number of amides is 2. The Hall–Kier alpha value is -3.34. The van der Waals surface area contributed by atoms with Gasteiger partial charge in [-0.1, -0.05) is 24.3 Å². The van der Waals surface area contributed by atoms with Gasteiger partial charge in [-0.2, -0.15) is 0 Å². The van der Waals surface area contributed by atoms with Gasteiger partial charge in [0.05, 0.1) is 22.3 Å². The smallest absolute Gasteiger partial charge is 0.264 e. The van der Waals surface area contributed by atoms with Crippen LogP contribution in [-0.4, -0.2) is 64.8 Å². The van der Waals surface area contributed by atoms with Crippen molar-refractivity contribution in [3.8, 4) is 10.4 Å². The molecular weight excluding hydrogens is 516 g/mol. The molecule has 4 heterocycles. The van der Waals surface area contributed by atoms with Gasteiger partial charge in [0.15, 0.2) is 0 Å². The summed E-state index contributed by atoms with van der Waals surface area (Å²) in [5.74, 6) is 1.28. The van der Waals surface area contributed by atoms with E-state index in [0.717, 1.165) is 22.6 Å². The quantitative estimate of drug-likeness (QED) is 0.325. The normalized spacial score (nSPS) is 14.5. The van der Waals surface area contributed by atoms with E-state index in [1.54, 1.807) is 16.2 Å². The third-order valence-corrected chi connectivity index (χ3v) is 8.79. The summed E-state index contributed by atoms with van der Waals surface area (Å²) < 4.78 is 0. The van der Waals surface area contributed by atoms with E-state index in [1.165, 1.54) is 39.1 Å². The van der Waals surface area contributed by atoms with Crippen molar-refractivity contribution in [1.29, 1.82) is 0 Å². The SMILES string of the molecule is CC(=O)NC1CN(C(=O)c2cc3c(NC(C)c4ccc(-c5ccccc5CN(C)C)s4)nc(C)nc3s2)C1. The molecule has 0 spiro atoms. The summed E-state index contributed by atoms with van der Waals surface area (Å²) in [6, 6.07) is 14.9. The van der Waals surface area contributed by atoms with E-state index in [4.69, 9.17) is 0 Å². The first-order valence-electron chi connectivity index (χ1n) is 12.6. The Labute approximate surface area is 230 Å². The molecule has 1 atom stereocenters. The number of anilines is 1. The van der Waals surface area contributed by atoms with Crippen LogP contribution >= 0.6 is 22.7 Å². The number of benzene rings is 1. The first kappa shape index (κ1) is 26.3. The molecule has 5 rings (SSSR count). The molecule has 1 fully saturated rings. The van der Waals surface area contributed by atoms with Crippen molar-refractivity contribution in [3.63, 3.8) is 0 Å². The molecule has 1 aliphatic rings. The molecule has 198 valence electrons. The van der Waals surface area contributed by atoms with Crippen molar-refractivity contribution >= 4 is 50.5 Å². The molecule has 1 saturated heterocycles. The molecule has 1 unspecified atom stereocenters. The number of aryl methyl sites for hydroxylation is 1. The van der Waals surface area contributed by atoms with Crippen LogP contribution in [0.15, 0.2) is 42.5 Å². The zero-order valence-corrected chi connectivity index (χ0v) is 23.9. The Morgan fingerprint density at radius 1 is 1.13 bits per heavy atom. The van der Waals surface area contributed by atoms with Crippen molar-refractivity contribution in [3.05, 3.63) is 63.6 Å². The number of nitrogens with zero attached hydrogens (tertiary/aromatic N) is 4. The lowest BCUT2D eigenvalue weighted by atomic mass is 10.1. The summed E-state index contributed by atoms with van der Waals surface area (Å²) >= 11 is 3.17. The Bertz CT molecular complexity index is 1490. The van der Waals surface area contributed by atoms with Gasteiger partial charge in [-0.25, -0.2) is 9.97 Å². The highest BCUT2D eigenvalue weighted by Crippen LogP contribution is 2.36. The number of nitrogens with one attached hydrogen (secondary N) is 2. The lowest BCUT2D eigenvalue weighted by Crippen LogP contribution is -2.60. The van der Waals surface area contributed by atoms with Crippen molar-refractivity contribution in [2.24, 2.45) is 0 Å². The monoisotopic (exact) mass is 548 g/mol. The van der Waals surface area contributed by atoms with Crippen LogP contribution in [-0.2, 0) is 11.3 Å². The van der Waals surface area contributed by atoms with Crippen molar-refractivity contribution in [2.75, 3.05) is 32.5 Å². The fourth-order valence-corrected chi connectivity index (χ4v) is 6.78. The zero-order chi connectivity index (χ0) is 27.0. The number of aromatic nitrogens is 2. The number of thiophene rings is 2. The van der Waals surface area contributed by atoms with Gasteiger partial charge in [-0.05, 0) is 57.3 Å². The highest BCUT2D eigenvalue weighted by molar-refractivity contribution is 7.20. The minimum Gasteiger partial charge on any atom is -0.362 e. The van der Waals surface area contributed by atoms with Gasteiger partial charge in [-0.15, -0.1) is 22.7 Å². The fraction of sp³-hybridized carbons (Fsp3) is 0.357. The topological polar surface area (TPSA) is 90.5 Å². The maximum atomic E-state index is 13.1. The summed E-state index contributed by atoms with van der Waals surface area (Å²) in [5.41, 5.74) is 2.57. The largest absolute Gasteiger partial charge is 0.362 e. The van der Waals surface area contributed by atoms with Crippen molar-refractivity contribution < 1.29 is 9.59 Å². The van der Waals surface area contributed by atoms with Crippen molar-refractivity contribution in [2.45, 2.75) is 39.4 Å². The average molecular weight is 549 g/mol. The number of rotatable bonds is 8. The Balaban J connectivity index is 1.34. The summed E-state index contributed by atoms with van der Waals surface area (Å²) in [6.45, 7) is 7.43. The van der Waals surface area contributed by atoms with Crippen LogP contribution in [0.5, 0.6) is 0 Å². The van der Waals surface area contributed by atoms with Crippen LogP contribution in [0.1, 0.15) is 45.8 Å². The van der Waals surface area contributed by atoms with Crippen LogP contribution in [0.2, 0.25) is 0 Å². The Kier molecular flexibility index (Phi) is 7.47. The zero-order valence-electron chi connectivity index (χ0n) is 22.2. The Morgan fingerprint density at radius 2 is 1.89 bits per heavy atom. The molecule has 8 nitrogen and oxygen atoms in total. The van der Waals surface area contributed by atoms with E-state index < -0.39 is 0 Å². The van der Waals surface area contributed by atoms with E-state index in [1.807, 2.05) is 13.0 Å². The highest BCUT2D eigenvalue weighted by atomic mass is 32.1. The summed E-state index contributed by atoms with van der Waals surface area (Å²) in [5, 5.41) is 7.28. The third-order valence-electron chi connectivity index (χ3n) is 6.47. The molecule has 4 aromatic rings. The van der Waals surface area contributed by atoms with Gasteiger partial charge in [0.25, 0.3) is 5.91 Å². The number of carbonyl (C=O) groups excluding carboxylic acids is 2. The summed E-state index contributed by atoms with van der Waals surface area (Å²) in [6.07, 6.45) is 0. The number of carbonyl (C=O) groups is 2. The van der Waals surface area contributed by atoms with Gasteiger partial charge in [-0.3, -0.25) is 9.59 Å². The number of fused-ring (bicyclic) bond motifs is 1. The van der Waals surface area contributed by atoms with E-state index in [9.17, 15) is 9.59 Å². The second-order valence-corrected chi connectivity index (χ2v) is 12.2. The van der Waals surface area contributed by atoms with Crippen LogP contribution in [0, 0.1) is 6.92 Å². The molecule has 2 N–H and O–H groups in total. The number of hydrogen-bond donors (Lipinski definition) is 2. The number of likely N-dealkylation sites (tertiary alicyclic amines) is 1. The van der Waals surface area contributed by atoms with Gasteiger partial charge < -0.3 is 20.4 Å². The van der Waals surface area contributed by atoms with Gasteiger partial charge in [0.1, 0.15) is 16.5 Å². The maximum Gasteiger partial charge on any atom is 0.264 e. The van der Waals surface area contributed by atoms with Gasteiger partial charge >= 0.3 is 0 Å². The fourth-order valence-electron chi connectivity index (χ4n) is 4.67. The second-order valence-electron chi connectivity index (χ2n) is 10.0. The van der Waals surface area contributed by atoms with Crippen LogP contribution < -0.4 is 10.6 Å². The first-order chi connectivity index (χ1) is 18.2. The molecule has 0 radical (unpaired) electrons. The maximum absolute atomic E-state index is 13.1. The third kappa shape index (κ3) is 5.57. The molecule has 1 aromatic carbocycles. The van der Waals surface area contributed by atoms with Crippen molar-refractivity contribution in [1.82, 2.24) is 25.1 Å². The van der Waals surface area contributed by atoms with Crippen LogP contribution in [0.3, 0.4) is 0 Å². The highest BCUT2D eigenvalue weighted by Gasteiger charge is 2.32. The van der Waals surface area contributed by atoms with Crippen LogP contribution in [0.4, 0.5) is 5.82 Å². The second kappa shape index (κ2) is 10.8. The Morgan fingerprint density at radius 3 is 2.63 bits per heavy atom. The lowest BCUT2D eigenvalue weighted by Gasteiger charge is -2.39. The lowest BCUT2D eigenvalue weighted by molar-refractivity contribution is -0.120. The van der Waals surface area contributed by atoms with E-state index in [-0.39, 0.29) is 23.9 Å². The number of hydrogen-bond acceptors (Lipinski definition) is 8. The predicted molar refractivity (Wildman–Crippen MR) is 155 cm³/mol.